The maximum Gasteiger partial charge on any atom is 0.416 e. The van der Waals surface area contributed by atoms with Crippen LogP contribution in [0.5, 0.6) is 0 Å². The highest BCUT2D eigenvalue weighted by Gasteiger charge is 2.29. The van der Waals surface area contributed by atoms with Crippen LogP contribution in [-0.2, 0) is 6.18 Å². The van der Waals surface area contributed by atoms with E-state index in [1.54, 1.807) is 0 Å². The number of carbonyl (C=O) groups excluding carboxylic acids is 1. The van der Waals surface area contributed by atoms with Gasteiger partial charge in [-0.2, -0.15) is 13.2 Å². The predicted molar refractivity (Wildman–Crippen MR) is 67.9 cm³/mol. The van der Waals surface area contributed by atoms with Crippen molar-refractivity contribution in [2.24, 2.45) is 0 Å². The number of benzene rings is 1. The molecule has 2 N–H and O–H groups in total. The van der Waals surface area contributed by atoms with Crippen LogP contribution in [0.15, 0.2) is 36.4 Å². The van der Waals surface area contributed by atoms with Crippen molar-refractivity contribution in [3.63, 3.8) is 0 Å². The van der Waals surface area contributed by atoms with Gasteiger partial charge in [0.25, 0.3) is 0 Å². The molecule has 0 saturated heterocycles. The van der Waals surface area contributed by atoms with Gasteiger partial charge in [0.15, 0.2) is 0 Å². The van der Waals surface area contributed by atoms with Crippen LogP contribution in [0, 0.1) is 0 Å². The van der Waals surface area contributed by atoms with Gasteiger partial charge in [0.2, 0.25) is 0 Å². The second-order valence-corrected chi connectivity index (χ2v) is 3.81. The fourth-order valence-corrected chi connectivity index (χ4v) is 1.35. The normalized spacial score (nSPS) is 11.6. The zero-order valence-electron chi connectivity index (χ0n) is 10.4. The Morgan fingerprint density at radius 3 is 2.42 bits per heavy atom. The van der Waals surface area contributed by atoms with E-state index in [2.05, 4.69) is 10.6 Å². The van der Waals surface area contributed by atoms with Crippen LogP contribution in [0.2, 0.25) is 0 Å². The number of hydrogen-bond acceptors (Lipinski definition) is 1. The number of nitrogens with one attached hydrogen (secondary N) is 2. The molecule has 0 unspecified atom stereocenters. The molecule has 2 amide bonds. The summed E-state index contributed by atoms with van der Waals surface area (Å²) in [6, 6.07) is 3.84. The lowest BCUT2D eigenvalue weighted by atomic mass is 10.2. The third kappa shape index (κ3) is 5.46. The highest BCUT2D eigenvalue weighted by Crippen LogP contribution is 2.29. The van der Waals surface area contributed by atoms with Crippen LogP contribution in [0.3, 0.4) is 0 Å². The van der Waals surface area contributed by atoms with E-state index in [1.807, 2.05) is 19.1 Å². The van der Waals surface area contributed by atoms with E-state index in [0.29, 0.717) is 18.7 Å². The Bertz CT molecular complexity index is 438. The first-order chi connectivity index (χ1) is 8.93. The molecule has 0 fully saturated rings. The number of carbonyl (C=O) groups is 1. The summed E-state index contributed by atoms with van der Waals surface area (Å²) in [7, 11) is 0. The Hall–Kier alpha value is -1.98. The molecule has 1 rings (SSSR count). The number of urea groups is 1. The van der Waals surface area contributed by atoms with Crippen molar-refractivity contribution in [1.29, 1.82) is 0 Å². The molecular weight excluding hydrogens is 257 g/mol. The van der Waals surface area contributed by atoms with Crippen molar-refractivity contribution >= 4 is 11.7 Å². The smallest absolute Gasteiger partial charge is 0.338 e. The van der Waals surface area contributed by atoms with E-state index < -0.39 is 17.8 Å². The topological polar surface area (TPSA) is 41.1 Å². The minimum atomic E-state index is -4.37. The minimum Gasteiger partial charge on any atom is -0.338 e. The quantitative estimate of drug-likeness (QED) is 0.635. The van der Waals surface area contributed by atoms with Gasteiger partial charge in [-0.1, -0.05) is 12.2 Å². The number of alkyl halides is 3. The van der Waals surface area contributed by atoms with Crippen LogP contribution in [0.4, 0.5) is 23.7 Å². The lowest BCUT2D eigenvalue weighted by Gasteiger charge is -2.09. The average Bonchev–Trinajstić information content (AvgIpc) is 2.34. The summed E-state index contributed by atoms with van der Waals surface area (Å²) in [6.45, 7) is 2.35. The van der Waals surface area contributed by atoms with Gasteiger partial charge >= 0.3 is 12.2 Å². The Morgan fingerprint density at radius 2 is 1.89 bits per heavy atom. The van der Waals surface area contributed by atoms with Gasteiger partial charge in [-0.3, -0.25) is 0 Å². The summed E-state index contributed by atoms with van der Waals surface area (Å²) in [5.41, 5.74) is -0.428. The molecule has 104 valence electrons. The third-order valence-corrected chi connectivity index (χ3v) is 2.30. The summed E-state index contributed by atoms with van der Waals surface area (Å²) in [6.07, 6.45) is 0.109. The molecule has 0 aromatic heterocycles. The zero-order valence-corrected chi connectivity index (χ0v) is 10.4. The van der Waals surface area contributed by atoms with Gasteiger partial charge in [-0.15, -0.1) is 0 Å². The maximum absolute atomic E-state index is 12.3. The lowest BCUT2D eigenvalue weighted by Crippen LogP contribution is -2.29. The molecule has 0 aliphatic heterocycles. The molecule has 0 spiro atoms. The van der Waals surface area contributed by atoms with E-state index in [0.717, 1.165) is 12.1 Å². The Labute approximate surface area is 109 Å². The van der Waals surface area contributed by atoms with E-state index in [1.165, 1.54) is 12.1 Å². The van der Waals surface area contributed by atoms with E-state index >= 15 is 0 Å². The number of allylic oxidation sites excluding steroid dienone is 1. The van der Waals surface area contributed by atoms with Crippen molar-refractivity contribution in [3.8, 4) is 0 Å². The standard InChI is InChI=1S/C13H15F3N2O/c1-2-3-4-9-17-12(19)18-11-7-5-10(6-8-11)13(14,15)16/h2-3,5-8H,4,9H2,1H3,(H2,17,18,19)/b3-2+. The van der Waals surface area contributed by atoms with Gasteiger partial charge in [0.05, 0.1) is 5.56 Å². The fourth-order valence-electron chi connectivity index (χ4n) is 1.35. The number of hydrogen-bond donors (Lipinski definition) is 2. The van der Waals surface area contributed by atoms with Crippen molar-refractivity contribution in [3.05, 3.63) is 42.0 Å². The SMILES string of the molecule is C/C=C/CCNC(=O)Nc1ccc(C(F)(F)F)cc1. The van der Waals surface area contributed by atoms with Crippen LogP contribution < -0.4 is 10.6 Å². The molecule has 0 radical (unpaired) electrons. The molecule has 0 heterocycles. The number of rotatable bonds is 4. The predicted octanol–water partition coefficient (Wildman–Crippen LogP) is 3.79. The number of halogens is 3. The second kappa shape index (κ2) is 6.82. The summed E-state index contributed by atoms with van der Waals surface area (Å²) >= 11 is 0. The van der Waals surface area contributed by atoms with Crippen molar-refractivity contribution in [1.82, 2.24) is 5.32 Å². The minimum absolute atomic E-state index is 0.316. The van der Waals surface area contributed by atoms with Crippen LogP contribution in [0.25, 0.3) is 0 Å². The molecule has 0 atom stereocenters. The maximum atomic E-state index is 12.3. The van der Waals surface area contributed by atoms with Crippen LogP contribution in [0.1, 0.15) is 18.9 Å². The van der Waals surface area contributed by atoms with Crippen molar-refractivity contribution < 1.29 is 18.0 Å². The van der Waals surface area contributed by atoms with Gasteiger partial charge < -0.3 is 10.6 Å². The largest absolute Gasteiger partial charge is 0.416 e. The highest BCUT2D eigenvalue weighted by atomic mass is 19.4. The van der Waals surface area contributed by atoms with Gasteiger partial charge in [-0.05, 0) is 37.6 Å². The summed E-state index contributed by atoms with van der Waals surface area (Å²) in [4.78, 5) is 11.4. The first-order valence-corrected chi connectivity index (χ1v) is 5.76. The Balaban J connectivity index is 2.47. The van der Waals surface area contributed by atoms with Crippen LogP contribution in [-0.4, -0.2) is 12.6 Å². The van der Waals surface area contributed by atoms with E-state index in [9.17, 15) is 18.0 Å². The second-order valence-electron chi connectivity index (χ2n) is 3.81. The van der Waals surface area contributed by atoms with Crippen molar-refractivity contribution in [2.45, 2.75) is 19.5 Å². The molecule has 1 aromatic carbocycles. The molecule has 19 heavy (non-hydrogen) atoms. The molecular formula is C13H15F3N2O. The summed E-state index contributed by atoms with van der Waals surface area (Å²) < 4.78 is 36.9. The molecule has 0 bridgehead atoms. The molecule has 1 aromatic rings. The number of amides is 2. The van der Waals surface area contributed by atoms with Gasteiger partial charge in [0, 0.05) is 12.2 Å². The fraction of sp³-hybridized carbons (Fsp3) is 0.308. The third-order valence-electron chi connectivity index (χ3n) is 2.30. The van der Waals surface area contributed by atoms with Gasteiger partial charge in [0.1, 0.15) is 0 Å². The molecule has 0 aliphatic carbocycles. The Kier molecular flexibility index (Phi) is 5.41. The first-order valence-electron chi connectivity index (χ1n) is 5.76. The average molecular weight is 272 g/mol. The Morgan fingerprint density at radius 1 is 1.26 bits per heavy atom. The molecule has 0 aliphatic rings. The zero-order chi connectivity index (χ0) is 14.3. The summed E-state index contributed by atoms with van der Waals surface area (Å²) in [5.74, 6) is 0. The lowest BCUT2D eigenvalue weighted by molar-refractivity contribution is -0.137. The number of anilines is 1. The molecule has 0 saturated carbocycles. The van der Waals surface area contributed by atoms with Crippen molar-refractivity contribution in [2.75, 3.05) is 11.9 Å². The van der Waals surface area contributed by atoms with Crippen LogP contribution >= 0.6 is 0 Å². The van der Waals surface area contributed by atoms with Gasteiger partial charge in [-0.25, -0.2) is 4.79 Å². The molecule has 6 heteroatoms. The van der Waals surface area contributed by atoms with E-state index in [4.69, 9.17) is 0 Å². The summed E-state index contributed by atoms with van der Waals surface area (Å²) in [5, 5.41) is 5.04. The first kappa shape index (κ1) is 15.1. The molecule has 3 nitrogen and oxygen atoms in total. The monoisotopic (exact) mass is 272 g/mol. The highest BCUT2D eigenvalue weighted by molar-refractivity contribution is 5.89. The van der Waals surface area contributed by atoms with E-state index in [-0.39, 0.29) is 0 Å².